The third kappa shape index (κ3) is 3.32. The average molecular weight is 397 g/mol. The van der Waals surface area contributed by atoms with Gasteiger partial charge in [-0.15, -0.1) is 0 Å². The van der Waals surface area contributed by atoms with E-state index in [9.17, 15) is 18.0 Å². The Morgan fingerprint density at radius 2 is 1.86 bits per heavy atom. The van der Waals surface area contributed by atoms with Crippen molar-refractivity contribution < 1.29 is 13.2 Å². The van der Waals surface area contributed by atoms with Gasteiger partial charge in [0.15, 0.2) is 0 Å². The number of hydrogen-bond acceptors (Lipinski definition) is 4. The van der Waals surface area contributed by atoms with Gasteiger partial charge >= 0.3 is 0 Å². The fourth-order valence-electron chi connectivity index (χ4n) is 3.48. The molecule has 1 aliphatic heterocycles. The number of anilines is 1. The van der Waals surface area contributed by atoms with Gasteiger partial charge in [0.2, 0.25) is 15.9 Å². The van der Waals surface area contributed by atoms with Crippen molar-refractivity contribution in [3.05, 3.63) is 69.0 Å². The Hall–Kier alpha value is -2.97. The molecule has 0 bridgehead atoms. The zero-order valence-electron chi connectivity index (χ0n) is 15.4. The largest absolute Gasteiger partial charge is 0.326 e. The zero-order chi connectivity index (χ0) is 20.1. The highest BCUT2D eigenvalue weighted by atomic mass is 32.2. The molecule has 8 heteroatoms. The van der Waals surface area contributed by atoms with Crippen LogP contribution in [0.1, 0.15) is 22.3 Å². The summed E-state index contributed by atoms with van der Waals surface area (Å²) in [6.07, 6.45) is 0.154. The van der Waals surface area contributed by atoms with E-state index in [2.05, 4.69) is 15.0 Å². The van der Waals surface area contributed by atoms with Crippen molar-refractivity contribution in [1.29, 1.82) is 0 Å². The van der Waals surface area contributed by atoms with Crippen molar-refractivity contribution >= 4 is 32.5 Å². The Labute approximate surface area is 161 Å². The Kier molecular flexibility index (Phi) is 4.32. The molecule has 0 saturated heterocycles. The van der Waals surface area contributed by atoms with Crippen LogP contribution >= 0.6 is 0 Å². The SMILES string of the molecule is Cc1cc(C)c2cc(CNS(=O)(=O)c3ccc4c(c3)CC(=O)N4)c(=O)[nH]c2c1. The van der Waals surface area contributed by atoms with Gasteiger partial charge in [-0.05, 0) is 60.9 Å². The van der Waals surface area contributed by atoms with Crippen LogP contribution in [0.15, 0.2) is 46.1 Å². The van der Waals surface area contributed by atoms with Crippen molar-refractivity contribution in [2.24, 2.45) is 0 Å². The molecule has 0 radical (unpaired) electrons. The smallest absolute Gasteiger partial charge is 0.252 e. The molecule has 0 atom stereocenters. The van der Waals surface area contributed by atoms with Crippen molar-refractivity contribution in [1.82, 2.24) is 9.71 Å². The lowest BCUT2D eigenvalue weighted by atomic mass is 10.0. The molecule has 0 aliphatic carbocycles. The van der Waals surface area contributed by atoms with Crippen molar-refractivity contribution in [3.8, 4) is 0 Å². The van der Waals surface area contributed by atoms with E-state index in [4.69, 9.17) is 0 Å². The first-order valence-electron chi connectivity index (χ1n) is 8.78. The Morgan fingerprint density at radius 1 is 1.07 bits per heavy atom. The highest BCUT2D eigenvalue weighted by Crippen LogP contribution is 2.26. The molecule has 2 heterocycles. The Balaban J connectivity index is 1.62. The lowest BCUT2D eigenvalue weighted by Gasteiger charge is -2.10. The lowest BCUT2D eigenvalue weighted by Crippen LogP contribution is -2.27. The molecule has 3 N–H and O–H groups in total. The number of benzene rings is 2. The highest BCUT2D eigenvalue weighted by Gasteiger charge is 2.22. The number of fused-ring (bicyclic) bond motifs is 2. The van der Waals surface area contributed by atoms with E-state index in [1.807, 2.05) is 26.0 Å². The minimum Gasteiger partial charge on any atom is -0.326 e. The van der Waals surface area contributed by atoms with Crippen LogP contribution in [0.4, 0.5) is 5.69 Å². The summed E-state index contributed by atoms with van der Waals surface area (Å²) in [5.41, 5.74) is 4.04. The maximum Gasteiger partial charge on any atom is 0.252 e. The summed E-state index contributed by atoms with van der Waals surface area (Å²) in [4.78, 5) is 26.7. The van der Waals surface area contributed by atoms with E-state index in [1.165, 1.54) is 12.1 Å². The van der Waals surface area contributed by atoms with E-state index in [0.29, 0.717) is 16.8 Å². The first-order chi connectivity index (χ1) is 13.2. The number of aryl methyl sites for hydroxylation is 2. The molecule has 3 aromatic rings. The van der Waals surface area contributed by atoms with Crippen LogP contribution in [0.2, 0.25) is 0 Å². The second-order valence-electron chi connectivity index (χ2n) is 7.04. The number of aromatic amines is 1. The van der Waals surface area contributed by atoms with Gasteiger partial charge in [-0.3, -0.25) is 9.59 Å². The topological polar surface area (TPSA) is 108 Å². The minimum absolute atomic E-state index is 0.0618. The summed E-state index contributed by atoms with van der Waals surface area (Å²) in [5.74, 6) is -0.161. The standard InChI is InChI=1S/C20H19N3O4S/c1-11-5-12(2)16-8-14(20(25)23-18(16)6-11)10-21-28(26,27)15-3-4-17-13(7-15)9-19(24)22-17/h3-8,21H,9-10H2,1-2H3,(H,22,24)(H,23,25). The third-order valence-electron chi connectivity index (χ3n) is 4.85. The molecule has 0 fully saturated rings. The van der Waals surface area contributed by atoms with Crippen LogP contribution in [0.3, 0.4) is 0 Å². The van der Waals surface area contributed by atoms with Crippen LogP contribution in [0.25, 0.3) is 10.9 Å². The third-order valence-corrected chi connectivity index (χ3v) is 6.25. The van der Waals surface area contributed by atoms with Crippen molar-refractivity contribution in [3.63, 3.8) is 0 Å². The van der Waals surface area contributed by atoms with Crippen molar-refractivity contribution in [2.75, 3.05) is 5.32 Å². The van der Waals surface area contributed by atoms with E-state index in [1.54, 1.807) is 12.1 Å². The predicted molar refractivity (Wildman–Crippen MR) is 107 cm³/mol. The number of aromatic nitrogens is 1. The molecule has 2 aromatic carbocycles. The molecule has 28 heavy (non-hydrogen) atoms. The zero-order valence-corrected chi connectivity index (χ0v) is 16.2. The molecule has 0 unspecified atom stereocenters. The minimum atomic E-state index is -3.83. The van der Waals surface area contributed by atoms with E-state index in [-0.39, 0.29) is 29.3 Å². The first-order valence-corrected chi connectivity index (χ1v) is 10.3. The summed E-state index contributed by atoms with van der Waals surface area (Å²) in [6, 6.07) is 10.1. The monoisotopic (exact) mass is 397 g/mol. The molecular formula is C20H19N3O4S. The van der Waals surface area contributed by atoms with Crippen LogP contribution in [-0.2, 0) is 27.8 Å². The molecule has 0 spiro atoms. The normalized spacial score (nSPS) is 13.6. The van der Waals surface area contributed by atoms with Crippen LogP contribution in [0.5, 0.6) is 0 Å². The Morgan fingerprint density at radius 3 is 2.64 bits per heavy atom. The second-order valence-corrected chi connectivity index (χ2v) is 8.80. The molecule has 1 aliphatic rings. The van der Waals surface area contributed by atoms with Gasteiger partial charge in [-0.2, -0.15) is 0 Å². The quantitative estimate of drug-likeness (QED) is 0.627. The van der Waals surface area contributed by atoms with Gasteiger partial charge < -0.3 is 10.3 Å². The number of pyridine rings is 1. The maximum absolute atomic E-state index is 12.6. The summed E-state index contributed by atoms with van der Waals surface area (Å²) in [7, 11) is -3.83. The molecule has 4 rings (SSSR count). The van der Waals surface area contributed by atoms with E-state index in [0.717, 1.165) is 22.0 Å². The summed E-state index contributed by atoms with van der Waals surface area (Å²) in [5, 5.41) is 3.54. The number of carbonyl (C=O) groups is 1. The van der Waals surface area contributed by atoms with Crippen LogP contribution in [-0.4, -0.2) is 19.3 Å². The first kappa shape index (κ1) is 18.4. The molecule has 7 nitrogen and oxygen atoms in total. The fourth-order valence-corrected chi connectivity index (χ4v) is 4.53. The van der Waals surface area contributed by atoms with Gasteiger partial charge in [0.25, 0.3) is 5.56 Å². The highest BCUT2D eigenvalue weighted by molar-refractivity contribution is 7.89. The van der Waals surface area contributed by atoms with Gasteiger partial charge in [0.1, 0.15) is 0 Å². The predicted octanol–water partition coefficient (Wildman–Crippen LogP) is 2.12. The number of sulfonamides is 1. The number of carbonyl (C=O) groups excluding carboxylic acids is 1. The van der Waals surface area contributed by atoms with Gasteiger partial charge in [0, 0.05) is 28.7 Å². The number of H-pyrrole nitrogens is 1. The molecule has 0 saturated carbocycles. The molecule has 1 amide bonds. The second kappa shape index (κ2) is 6.57. The van der Waals surface area contributed by atoms with Crippen LogP contribution in [0, 0.1) is 13.8 Å². The summed E-state index contributed by atoms with van der Waals surface area (Å²) >= 11 is 0. The van der Waals surface area contributed by atoms with E-state index >= 15 is 0 Å². The fraction of sp³-hybridized carbons (Fsp3) is 0.200. The number of amides is 1. The number of nitrogens with one attached hydrogen (secondary N) is 3. The Bertz CT molecular complexity index is 1290. The number of rotatable bonds is 4. The van der Waals surface area contributed by atoms with Crippen LogP contribution < -0.4 is 15.6 Å². The van der Waals surface area contributed by atoms with Gasteiger partial charge in [-0.25, -0.2) is 13.1 Å². The maximum atomic E-state index is 12.6. The average Bonchev–Trinajstić information content (AvgIpc) is 2.99. The van der Waals surface area contributed by atoms with E-state index < -0.39 is 10.0 Å². The molecular weight excluding hydrogens is 378 g/mol. The number of hydrogen-bond donors (Lipinski definition) is 3. The summed E-state index contributed by atoms with van der Waals surface area (Å²) < 4.78 is 27.8. The van der Waals surface area contributed by atoms with Crippen molar-refractivity contribution in [2.45, 2.75) is 31.7 Å². The van der Waals surface area contributed by atoms with Gasteiger partial charge in [-0.1, -0.05) is 6.07 Å². The van der Waals surface area contributed by atoms with Gasteiger partial charge in [0.05, 0.1) is 11.3 Å². The molecule has 144 valence electrons. The summed E-state index contributed by atoms with van der Waals surface area (Å²) in [6.45, 7) is 3.77. The lowest BCUT2D eigenvalue weighted by molar-refractivity contribution is -0.115. The molecule has 1 aromatic heterocycles.